The summed E-state index contributed by atoms with van der Waals surface area (Å²) in [6.07, 6.45) is 5.87. The van der Waals surface area contributed by atoms with E-state index in [2.05, 4.69) is 12.2 Å². The van der Waals surface area contributed by atoms with Crippen LogP contribution in [0.25, 0.3) is 0 Å². The molecule has 0 bridgehead atoms. The minimum atomic E-state index is 0.450. The van der Waals surface area contributed by atoms with Crippen molar-refractivity contribution < 1.29 is 4.79 Å². The third-order valence-corrected chi connectivity index (χ3v) is 2.39. The van der Waals surface area contributed by atoms with Gasteiger partial charge in [0.2, 0.25) is 6.41 Å². The molecule has 0 spiro atoms. The van der Waals surface area contributed by atoms with Gasteiger partial charge in [-0.1, -0.05) is 19.8 Å². The molecule has 58 valence electrons. The van der Waals surface area contributed by atoms with Gasteiger partial charge >= 0.3 is 0 Å². The summed E-state index contributed by atoms with van der Waals surface area (Å²) in [5, 5.41) is 2.85. The van der Waals surface area contributed by atoms with E-state index >= 15 is 0 Å². The highest BCUT2D eigenvalue weighted by molar-refractivity contribution is 5.46. The molecule has 0 radical (unpaired) electrons. The second-order valence-corrected chi connectivity index (χ2v) is 3.15. The lowest BCUT2D eigenvalue weighted by atomic mass is 9.86. The monoisotopic (exact) mass is 141 g/mol. The van der Waals surface area contributed by atoms with Crippen molar-refractivity contribution in [2.45, 2.75) is 38.6 Å². The highest BCUT2D eigenvalue weighted by Gasteiger charge is 2.19. The SMILES string of the molecule is C[C@H]1CCCC[C@H]1NC=O. The fraction of sp³-hybridized carbons (Fsp3) is 0.875. The van der Waals surface area contributed by atoms with E-state index in [1.165, 1.54) is 25.7 Å². The molecule has 1 amide bonds. The van der Waals surface area contributed by atoms with Gasteiger partial charge in [-0.15, -0.1) is 0 Å². The highest BCUT2D eigenvalue weighted by atomic mass is 16.1. The molecule has 1 fully saturated rings. The first-order valence-corrected chi connectivity index (χ1v) is 4.04. The number of carbonyl (C=O) groups is 1. The maximum atomic E-state index is 10.1. The van der Waals surface area contributed by atoms with E-state index in [0.717, 1.165) is 6.41 Å². The van der Waals surface area contributed by atoms with Gasteiger partial charge in [-0.2, -0.15) is 0 Å². The maximum absolute atomic E-state index is 10.1. The van der Waals surface area contributed by atoms with Crippen LogP contribution in [0, 0.1) is 5.92 Å². The molecule has 1 aliphatic rings. The molecule has 1 saturated carbocycles. The Morgan fingerprint density at radius 1 is 1.40 bits per heavy atom. The Bertz CT molecular complexity index is 114. The molecule has 0 heterocycles. The molecule has 1 aliphatic carbocycles. The largest absolute Gasteiger partial charge is 0.356 e. The van der Waals surface area contributed by atoms with Crippen LogP contribution in [0.4, 0.5) is 0 Å². The Hall–Kier alpha value is -0.530. The van der Waals surface area contributed by atoms with E-state index in [4.69, 9.17) is 0 Å². The fourth-order valence-corrected chi connectivity index (χ4v) is 1.65. The summed E-state index contributed by atoms with van der Waals surface area (Å²) >= 11 is 0. The van der Waals surface area contributed by atoms with E-state index in [0.29, 0.717) is 12.0 Å². The van der Waals surface area contributed by atoms with E-state index in [1.807, 2.05) is 0 Å². The van der Waals surface area contributed by atoms with E-state index in [9.17, 15) is 4.79 Å². The molecule has 0 aromatic heterocycles. The molecule has 2 nitrogen and oxygen atoms in total. The minimum absolute atomic E-state index is 0.450. The van der Waals surface area contributed by atoms with Gasteiger partial charge in [-0.25, -0.2) is 0 Å². The quantitative estimate of drug-likeness (QED) is 0.577. The standard InChI is InChI=1S/C8H15NO/c1-7-4-2-3-5-8(7)9-6-10/h6-8H,2-5H2,1H3,(H,9,10)/t7-,8+/m0/s1. The Labute approximate surface area is 62.0 Å². The summed E-state index contributed by atoms with van der Waals surface area (Å²) in [5.41, 5.74) is 0. The van der Waals surface area contributed by atoms with Gasteiger partial charge in [0.25, 0.3) is 0 Å². The molecule has 0 saturated heterocycles. The zero-order chi connectivity index (χ0) is 7.40. The van der Waals surface area contributed by atoms with Crippen LogP contribution in [-0.2, 0) is 4.79 Å². The van der Waals surface area contributed by atoms with Crippen molar-refractivity contribution in [3.8, 4) is 0 Å². The molecule has 2 heteroatoms. The van der Waals surface area contributed by atoms with Crippen LogP contribution in [0.1, 0.15) is 32.6 Å². The molecule has 0 aliphatic heterocycles. The molecule has 1 N–H and O–H groups in total. The lowest BCUT2D eigenvalue weighted by Crippen LogP contribution is -2.36. The van der Waals surface area contributed by atoms with Crippen LogP contribution in [-0.4, -0.2) is 12.5 Å². The molecule has 1 rings (SSSR count). The second kappa shape index (κ2) is 3.59. The second-order valence-electron chi connectivity index (χ2n) is 3.15. The Morgan fingerprint density at radius 2 is 2.10 bits per heavy atom. The molecule has 0 unspecified atom stereocenters. The lowest BCUT2D eigenvalue weighted by Gasteiger charge is -2.27. The third kappa shape index (κ3) is 1.72. The Balaban J connectivity index is 2.32. The van der Waals surface area contributed by atoms with Gasteiger partial charge in [-0.3, -0.25) is 4.79 Å². The van der Waals surface area contributed by atoms with Crippen LogP contribution in [0.3, 0.4) is 0 Å². The van der Waals surface area contributed by atoms with Crippen LogP contribution in [0.5, 0.6) is 0 Å². The van der Waals surface area contributed by atoms with E-state index < -0.39 is 0 Å². The smallest absolute Gasteiger partial charge is 0.207 e. The van der Waals surface area contributed by atoms with E-state index in [-0.39, 0.29) is 0 Å². The number of rotatable bonds is 2. The topological polar surface area (TPSA) is 29.1 Å². The van der Waals surface area contributed by atoms with Gasteiger partial charge in [0.1, 0.15) is 0 Å². The summed E-state index contributed by atoms with van der Waals surface area (Å²) in [6, 6.07) is 0.450. The first-order valence-electron chi connectivity index (χ1n) is 4.04. The molecule has 0 aromatic rings. The van der Waals surface area contributed by atoms with Crippen LogP contribution < -0.4 is 5.32 Å². The average molecular weight is 141 g/mol. The Morgan fingerprint density at radius 3 is 2.70 bits per heavy atom. The number of carbonyl (C=O) groups excluding carboxylic acids is 1. The minimum Gasteiger partial charge on any atom is -0.356 e. The summed E-state index contributed by atoms with van der Waals surface area (Å²) in [7, 11) is 0. The Kier molecular flexibility index (Phi) is 2.72. The zero-order valence-electron chi connectivity index (χ0n) is 6.47. The molecular weight excluding hydrogens is 126 g/mol. The number of amides is 1. The van der Waals surface area contributed by atoms with Crippen molar-refractivity contribution >= 4 is 6.41 Å². The lowest BCUT2D eigenvalue weighted by molar-refractivity contribution is -0.110. The number of nitrogens with one attached hydrogen (secondary N) is 1. The first kappa shape index (κ1) is 7.58. The van der Waals surface area contributed by atoms with Crippen molar-refractivity contribution in [2.75, 3.05) is 0 Å². The number of hydrogen-bond donors (Lipinski definition) is 1. The first-order chi connectivity index (χ1) is 4.84. The van der Waals surface area contributed by atoms with Gasteiger partial charge < -0.3 is 5.32 Å². The van der Waals surface area contributed by atoms with Crippen molar-refractivity contribution in [1.29, 1.82) is 0 Å². The summed E-state index contributed by atoms with van der Waals surface area (Å²) < 4.78 is 0. The van der Waals surface area contributed by atoms with Crippen molar-refractivity contribution in [3.63, 3.8) is 0 Å². The van der Waals surface area contributed by atoms with Crippen LogP contribution in [0.2, 0.25) is 0 Å². The highest BCUT2D eigenvalue weighted by Crippen LogP contribution is 2.22. The molecule has 2 atom stereocenters. The maximum Gasteiger partial charge on any atom is 0.207 e. The zero-order valence-corrected chi connectivity index (χ0v) is 6.47. The van der Waals surface area contributed by atoms with Crippen molar-refractivity contribution in [1.82, 2.24) is 5.32 Å². The van der Waals surface area contributed by atoms with E-state index in [1.54, 1.807) is 0 Å². The van der Waals surface area contributed by atoms with Gasteiger partial charge in [0, 0.05) is 6.04 Å². The third-order valence-electron chi connectivity index (χ3n) is 2.39. The van der Waals surface area contributed by atoms with Gasteiger partial charge in [-0.05, 0) is 18.8 Å². The van der Waals surface area contributed by atoms with Crippen LogP contribution in [0.15, 0.2) is 0 Å². The summed E-state index contributed by atoms with van der Waals surface area (Å²) in [4.78, 5) is 10.1. The summed E-state index contributed by atoms with van der Waals surface area (Å²) in [6.45, 7) is 2.21. The average Bonchev–Trinajstić information content (AvgIpc) is 1.94. The van der Waals surface area contributed by atoms with Gasteiger partial charge in [0.05, 0.1) is 0 Å². The fourth-order valence-electron chi connectivity index (χ4n) is 1.65. The van der Waals surface area contributed by atoms with Crippen LogP contribution >= 0.6 is 0 Å². The van der Waals surface area contributed by atoms with Crippen molar-refractivity contribution in [2.24, 2.45) is 5.92 Å². The predicted molar refractivity (Wildman–Crippen MR) is 40.6 cm³/mol. The number of hydrogen-bond acceptors (Lipinski definition) is 1. The molecule has 10 heavy (non-hydrogen) atoms. The summed E-state index contributed by atoms with van der Waals surface area (Å²) in [5.74, 6) is 0.680. The van der Waals surface area contributed by atoms with Crippen molar-refractivity contribution in [3.05, 3.63) is 0 Å². The predicted octanol–water partition coefficient (Wildman–Crippen LogP) is 1.31. The molecular formula is C8H15NO. The van der Waals surface area contributed by atoms with Gasteiger partial charge in [0.15, 0.2) is 0 Å². The molecule has 0 aromatic carbocycles. The normalized spacial score (nSPS) is 33.3.